The van der Waals surface area contributed by atoms with Gasteiger partial charge in [-0.05, 0) is 18.1 Å². The number of hydrogen-bond donors (Lipinski definition) is 0. The fourth-order valence-corrected chi connectivity index (χ4v) is 5.08. The van der Waals surface area contributed by atoms with Gasteiger partial charge in [0.25, 0.3) is 0 Å². The molecule has 1 unspecified atom stereocenters. The van der Waals surface area contributed by atoms with Crippen LogP contribution in [0, 0.1) is 0 Å². The van der Waals surface area contributed by atoms with E-state index in [1.807, 2.05) is 0 Å². The standard InChI is InChI=1S/C31H52NO3S.BrH/c1-3-4-5-6-7-8-9-10-11-12-13-14-15-16-21-34-26-31(33-2)27-35-25-30-19-17-18-29(23-30)24-32-20-22-36-28-32;/h17-20,22-23,28,31H,3-16,21,24-27H2,1-2H3;1H/q+1;/p-1. The number of unbranched alkanes of at least 4 members (excludes halogenated alkanes) is 13. The molecule has 0 radical (unpaired) electrons. The lowest BCUT2D eigenvalue weighted by molar-refractivity contribution is -0.683. The van der Waals surface area contributed by atoms with Crippen molar-refractivity contribution >= 4 is 11.3 Å². The highest BCUT2D eigenvalue weighted by atomic mass is 79.9. The van der Waals surface area contributed by atoms with Crippen molar-refractivity contribution in [3.63, 3.8) is 0 Å². The Hall–Kier alpha value is -0.790. The Labute approximate surface area is 241 Å². The summed E-state index contributed by atoms with van der Waals surface area (Å²) >= 11 is 1.71. The van der Waals surface area contributed by atoms with Gasteiger partial charge in [-0.15, -0.1) is 0 Å². The van der Waals surface area contributed by atoms with Crippen LogP contribution in [0.5, 0.6) is 0 Å². The molecule has 0 aliphatic carbocycles. The lowest BCUT2D eigenvalue weighted by Crippen LogP contribution is -3.00. The van der Waals surface area contributed by atoms with E-state index in [0.29, 0.717) is 19.8 Å². The smallest absolute Gasteiger partial charge is 0.224 e. The molecule has 0 bridgehead atoms. The Balaban J connectivity index is 0.00000684. The monoisotopic (exact) mass is 597 g/mol. The molecule has 0 saturated heterocycles. The Morgan fingerprint density at radius 2 is 1.38 bits per heavy atom. The summed E-state index contributed by atoms with van der Waals surface area (Å²) in [5, 5.41) is 2.10. The van der Waals surface area contributed by atoms with Crippen LogP contribution in [0.15, 0.2) is 41.4 Å². The number of thiazole rings is 1. The van der Waals surface area contributed by atoms with Gasteiger partial charge in [0.15, 0.2) is 12.7 Å². The second kappa shape index (κ2) is 24.3. The van der Waals surface area contributed by atoms with Gasteiger partial charge in [0.2, 0.25) is 5.51 Å². The molecular weight excluding hydrogens is 546 g/mol. The molecule has 212 valence electrons. The maximum atomic E-state index is 5.93. The minimum atomic E-state index is -0.0128. The first-order valence-corrected chi connectivity index (χ1v) is 15.4. The molecule has 6 heteroatoms. The van der Waals surface area contributed by atoms with Crippen LogP contribution >= 0.6 is 11.3 Å². The van der Waals surface area contributed by atoms with E-state index >= 15 is 0 Å². The van der Waals surface area contributed by atoms with Crippen molar-refractivity contribution < 1.29 is 35.8 Å². The van der Waals surface area contributed by atoms with Gasteiger partial charge in [-0.25, -0.2) is 0 Å². The van der Waals surface area contributed by atoms with Crippen LogP contribution in [0.4, 0.5) is 0 Å². The number of ether oxygens (including phenoxy) is 3. The Morgan fingerprint density at radius 1 is 0.784 bits per heavy atom. The van der Waals surface area contributed by atoms with Crippen LogP contribution in [0.25, 0.3) is 0 Å². The van der Waals surface area contributed by atoms with Gasteiger partial charge in [-0.1, -0.05) is 120 Å². The van der Waals surface area contributed by atoms with Crippen molar-refractivity contribution in [3.05, 3.63) is 52.5 Å². The number of halogens is 1. The summed E-state index contributed by atoms with van der Waals surface area (Å²) in [6.07, 6.45) is 21.4. The molecule has 1 heterocycles. The molecule has 37 heavy (non-hydrogen) atoms. The van der Waals surface area contributed by atoms with E-state index in [9.17, 15) is 0 Å². The van der Waals surface area contributed by atoms with E-state index in [4.69, 9.17) is 14.2 Å². The molecule has 0 aliphatic heterocycles. The largest absolute Gasteiger partial charge is 1.00 e. The number of methoxy groups -OCH3 is 1. The van der Waals surface area contributed by atoms with Crippen LogP contribution in [-0.4, -0.2) is 33.0 Å². The van der Waals surface area contributed by atoms with Gasteiger partial charge in [-0.3, -0.25) is 0 Å². The molecule has 4 nitrogen and oxygen atoms in total. The van der Waals surface area contributed by atoms with E-state index in [2.05, 4.69) is 52.8 Å². The topological polar surface area (TPSA) is 31.6 Å². The summed E-state index contributed by atoms with van der Waals surface area (Å²) in [6.45, 7) is 5.75. The first-order chi connectivity index (χ1) is 17.8. The fraction of sp³-hybridized carbons (Fsp3) is 0.710. The molecule has 0 fully saturated rings. The third-order valence-electron chi connectivity index (χ3n) is 6.74. The second-order valence-corrected chi connectivity index (χ2v) is 10.8. The van der Waals surface area contributed by atoms with E-state index in [1.165, 1.54) is 94.6 Å². The molecule has 2 rings (SSSR count). The first kappa shape index (κ1) is 34.2. The van der Waals surface area contributed by atoms with Crippen LogP contribution in [0.2, 0.25) is 0 Å². The van der Waals surface area contributed by atoms with Gasteiger partial charge < -0.3 is 31.2 Å². The first-order valence-electron chi connectivity index (χ1n) is 14.5. The van der Waals surface area contributed by atoms with Gasteiger partial charge in [0.1, 0.15) is 6.10 Å². The minimum Gasteiger partial charge on any atom is -1.00 e. The lowest BCUT2D eigenvalue weighted by atomic mass is 10.0. The average molecular weight is 599 g/mol. The molecule has 0 spiro atoms. The Bertz CT molecular complexity index is 744. The number of hydrogen-bond acceptors (Lipinski definition) is 4. The maximum absolute atomic E-state index is 5.93. The second-order valence-electron chi connectivity index (χ2n) is 10.1. The highest BCUT2D eigenvalue weighted by molar-refractivity contribution is 7.07. The van der Waals surface area contributed by atoms with E-state index in [-0.39, 0.29) is 23.1 Å². The summed E-state index contributed by atoms with van der Waals surface area (Å²) in [5.41, 5.74) is 4.62. The SMILES string of the molecule is CCCCCCCCCCCCCCCCOCC(COCc1cccc(C[n+]2ccsc2)c1)OC.[Br-]. The van der Waals surface area contributed by atoms with Gasteiger partial charge >= 0.3 is 0 Å². The molecule has 0 saturated carbocycles. The van der Waals surface area contributed by atoms with Crippen molar-refractivity contribution in [3.8, 4) is 0 Å². The van der Waals surface area contributed by atoms with Gasteiger partial charge in [0, 0.05) is 19.3 Å². The lowest BCUT2D eigenvalue weighted by Gasteiger charge is -2.16. The summed E-state index contributed by atoms with van der Waals surface area (Å²) in [6, 6.07) is 8.61. The minimum absolute atomic E-state index is 0. The summed E-state index contributed by atoms with van der Waals surface area (Å²) in [7, 11) is 1.74. The zero-order valence-corrected chi connectivity index (χ0v) is 25.9. The number of rotatable bonds is 24. The fourth-order valence-electron chi connectivity index (χ4n) is 4.49. The van der Waals surface area contributed by atoms with Crippen LogP contribution in [-0.2, 0) is 27.4 Å². The highest BCUT2D eigenvalue weighted by Crippen LogP contribution is 2.13. The van der Waals surface area contributed by atoms with Crippen LogP contribution in [0.3, 0.4) is 0 Å². The summed E-state index contributed by atoms with van der Waals surface area (Å²) in [5.74, 6) is 0. The Kier molecular flexibility index (Phi) is 22.5. The molecular formula is C31H52BrNO3S. The zero-order valence-electron chi connectivity index (χ0n) is 23.5. The van der Waals surface area contributed by atoms with Crippen molar-refractivity contribution in [1.29, 1.82) is 0 Å². The third-order valence-corrected chi connectivity index (χ3v) is 7.41. The molecule has 0 amide bonds. The van der Waals surface area contributed by atoms with Crippen LogP contribution in [0.1, 0.15) is 108 Å². The van der Waals surface area contributed by atoms with Crippen molar-refractivity contribution in [1.82, 2.24) is 0 Å². The normalized spacial score (nSPS) is 11.9. The van der Waals surface area contributed by atoms with E-state index in [0.717, 1.165) is 19.6 Å². The van der Waals surface area contributed by atoms with Crippen molar-refractivity contribution in [2.75, 3.05) is 26.9 Å². The zero-order chi connectivity index (χ0) is 25.5. The van der Waals surface area contributed by atoms with Crippen molar-refractivity contribution in [2.45, 2.75) is 116 Å². The third kappa shape index (κ3) is 18.2. The maximum Gasteiger partial charge on any atom is 0.224 e. The quantitative estimate of drug-likeness (QED) is 0.124. The summed E-state index contributed by atoms with van der Waals surface area (Å²) < 4.78 is 19.5. The molecule has 0 aliphatic rings. The number of benzene rings is 1. The van der Waals surface area contributed by atoms with Crippen LogP contribution < -0.4 is 21.5 Å². The molecule has 1 aromatic heterocycles. The molecule has 0 N–H and O–H groups in total. The summed E-state index contributed by atoms with van der Waals surface area (Å²) in [4.78, 5) is 0. The van der Waals surface area contributed by atoms with Crippen molar-refractivity contribution in [2.24, 2.45) is 0 Å². The predicted molar refractivity (Wildman–Crippen MR) is 152 cm³/mol. The van der Waals surface area contributed by atoms with E-state index in [1.54, 1.807) is 18.4 Å². The molecule has 1 aromatic carbocycles. The van der Waals surface area contributed by atoms with Gasteiger partial charge in [0.05, 0.1) is 25.2 Å². The predicted octanol–water partition coefficient (Wildman–Crippen LogP) is 5.12. The number of aromatic nitrogens is 1. The van der Waals surface area contributed by atoms with Gasteiger partial charge in [-0.2, -0.15) is 4.57 Å². The highest BCUT2D eigenvalue weighted by Gasteiger charge is 2.09. The number of nitrogens with zero attached hydrogens (tertiary/aromatic N) is 1. The molecule has 2 aromatic rings. The average Bonchev–Trinajstić information content (AvgIpc) is 3.40. The Morgan fingerprint density at radius 3 is 1.97 bits per heavy atom. The molecule has 1 atom stereocenters. The van der Waals surface area contributed by atoms with E-state index < -0.39 is 0 Å².